The van der Waals surface area contributed by atoms with Crippen molar-refractivity contribution < 1.29 is 14.3 Å². The average molecular weight is 294 g/mol. The lowest BCUT2D eigenvalue weighted by Gasteiger charge is -2.12. The van der Waals surface area contributed by atoms with Crippen LogP contribution in [0, 0.1) is 12.7 Å². The van der Waals surface area contributed by atoms with Crippen LogP contribution >= 0.6 is 11.3 Å². The van der Waals surface area contributed by atoms with E-state index in [9.17, 15) is 9.18 Å². The van der Waals surface area contributed by atoms with Crippen LogP contribution < -0.4 is 5.32 Å². The first kappa shape index (κ1) is 14.5. The minimum Gasteiger partial charge on any atom is -0.477 e. The van der Waals surface area contributed by atoms with Gasteiger partial charge in [-0.1, -0.05) is 23.5 Å². The highest BCUT2D eigenvalue weighted by atomic mass is 32.1. The fraction of sp³-hybridized carbons (Fsp3) is 0.286. The summed E-state index contributed by atoms with van der Waals surface area (Å²) in [6, 6.07) is 6.41. The van der Waals surface area contributed by atoms with E-state index in [0.717, 1.165) is 16.9 Å². The van der Waals surface area contributed by atoms with Crippen LogP contribution in [0.15, 0.2) is 24.3 Å². The molecule has 1 aromatic carbocycles. The van der Waals surface area contributed by atoms with Crippen LogP contribution in [0.2, 0.25) is 0 Å². The molecule has 0 aliphatic heterocycles. The maximum atomic E-state index is 12.8. The zero-order valence-electron chi connectivity index (χ0n) is 11.2. The normalized spacial score (nSPS) is 12.2. The van der Waals surface area contributed by atoms with Crippen molar-refractivity contribution in [2.75, 3.05) is 5.32 Å². The number of carboxylic acids is 1. The van der Waals surface area contributed by atoms with Gasteiger partial charge in [0.1, 0.15) is 10.7 Å². The second-order valence-electron chi connectivity index (χ2n) is 4.61. The summed E-state index contributed by atoms with van der Waals surface area (Å²) < 4.78 is 12.8. The molecule has 2 rings (SSSR count). The van der Waals surface area contributed by atoms with Gasteiger partial charge in [-0.15, -0.1) is 0 Å². The van der Waals surface area contributed by atoms with E-state index in [-0.39, 0.29) is 16.7 Å². The standard InChI is InChI=1S/C14H15FN2O2S/c1-8(7-10-3-5-11(15)6-4-10)16-14-17-9(2)12(20-14)13(18)19/h3-6,8H,7H2,1-2H3,(H,16,17)(H,18,19). The van der Waals surface area contributed by atoms with Crippen LogP contribution in [-0.2, 0) is 6.42 Å². The summed E-state index contributed by atoms with van der Waals surface area (Å²) >= 11 is 1.13. The van der Waals surface area contributed by atoms with E-state index in [0.29, 0.717) is 17.2 Å². The van der Waals surface area contributed by atoms with Gasteiger partial charge in [-0.2, -0.15) is 0 Å². The van der Waals surface area contributed by atoms with Gasteiger partial charge < -0.3 is 10.4 Å². The number of thiazole rings is 1. The zero-order valence-corrected chi connectivity index (χ0v) is 12.0. The molecular formula is C14H15FN2O2S. The summed E-state index contributed by atoms with van der Waals surface area (Å²) in [6.07, 6.45) is 0.710. The van der Waals surface area contributed by atoms with E-state index in [1.54, 1.807) is 19.1 Å². The molecule has 1 atom stereocenters. The number of rotatable bonds is 5. The van der Waals surface area contributed by atoms with E-state index < -0.39 is 5.97 Å². The molecule has 106 valence electrons. The van der Waals surface area contributed by atoms with Crippen molar-refractivity contribution in [3.8, 4) is 0 Å². The second-order valence-corrected chi connectivity index (χ2v) is 5.61. The number of halogens is 1. The van der Waals surface area contributed by atoms with E-state index in [2.05, 4.69) is 10.3 Å². The van der Waals surface area contributed by atoms with Gasteiger partial charge in [0, 0.05) is 6.04 Å². The number of nitrogens with one attached hydrogen (secondary N) is 1. The quantitative estimate of drug-likeness (QED) is 0.888. The first-order valence-corrected chi connectivity index (χ1v) is 6.99. The number of benzene rings is 1. The zero-order chi connectivity index (χ0) is 14.7. The number of nitrogens with zero attached hydrogens (tertiary/aromatic N) is 1. The monoisotopic (exact) mass is 294 g/mol. The molecule has 0 amide bonds. The Hall–Kier alpha value is -1.95. The molecule has 0 saturated heterocycles. The summed E-state index contributed by atoms with van der Waals surface area (Å²) in [7, 11) is 0. The Bertz CT molecular complexity index is 610. The Kier molecular flexibility index (Phi) is 4.34. The van der Waals surface area contributed by atoms with Gasteiger partial charge >= 0.3 is 5.97 Å². The molecule has 6 heteroatoms. The number of aryl methyl sites for hydroxylation is 1. The van der Waals surface area contributed by atoms with Gasteiger partial charge in [-0.3, -0.25) is 0 Å². The van der Waals surface area contributed by atoms with Crippen molar-refractivity contribution in [1.29, 1.82) is 0 Å². The number of carbonyl (C=O) groups is 1. The summed E-state index contributed by atoms with van der Waals surface area (Å²) in [5, 5.41) is 12.7. The molecule has 2 N–H and O–H groups in total. The van der Waals surface area contributed by atoms with Gasteiger partial charge in [0.15, 0.2) is 5.13 Å². The Morgan fingerprint density at radius 2 is 2.10 bits per heavy atom. The number of carboxylic acid groups (broad SMARTS) is 1. The number of aromatic carboxylic acids is 1. The van der Waals surface area contributed by atoms with E-state index >= 15 is 0 Å². The van der Waals surface area contributed by atoms with Crippen molar-refractivity contribution in [1.82, 2.24) is 4.98 Å². The number of aromatic nitrogens is 1. The van der Waals surface area contributed by atoms with Gasteiger partial charge in [-0.05, 0) is 38.0 Å². The molecular weight excluding hydrogens is 279 g/mol. The fourth-order valence-electron chi connectivity index (χ4n) is 1.89. The van der Waals surface area contributed by atoms with Crippen LogP contribution in [-0.4, -0.2) is 22.1 Å². The third-order valence-electron chi connectivity index (χ3n) is 2.82. The maximum absolute atomic E-state index is 12.8. The Morgan fingerprint density at radius 1 is 1.45 bits per heavy atom. The van der Waals surface area contributed by atoms with Crippen molar-refractivity contribution in [3.63, 3.8) is 0 Å². The SMILES string of the molecule is Cc1nc(NC(C)Cc2ccc(F)cc2)sc1C(=O)O. The second kappa shape index (κ2) is 6.00. The molecule has 2 aromatic rings. The smallest absolute Gasteiger partial charge is 0.347 e. The fourth-order valence-corrected chi connectivity index (χ4v) is 2.81. The lowest BCUT2D eigenvalue weighted by Crippen LogP contribution is -2.17. The van der Waals surface area contributed by atoms with E-state index in [4.69, 9.17) is 5.11 Å². The van der Waals surface area contributed by atoms with Crippen LogP contribution in [0.4, 0.5) is 9.52 Å². The molecule has 20 heavy (non-hydrogen) atoms. The Labute approximate surface area is 120 Å². The summed E-state index contributed by atoms with van der Waals surface area (Å²) in [5.41, 5.74) is 1.53. The maximum Gasteiger partial charge on any atom is 0.347 e. The molecule has 4 nitrogen and oxygen atoms in total. The molecule has 0 saturated carbocycles. The van der Waals surface area contributed by atoms with Crippen LogP contribution in [0.25, 0.3) is 0 Å². The van der Waals surface area contributed by atoms with Crippen molar-refractivity contribution in [2.45, 2.75) is 26.3 Å². The van der Waals surface area contributed by atoms with Crippen molar-refractivity contribution in [2.24, 2.45) is 0 Å². The van der Waals surface area contributed by atoms with Crippen LogP contribution in [0.1, 0.15) is 27.9 Å². The summed E-state index contributed by atoms with van der Waals surface area (Å²) in [5.74, 6) is -1.21. The molecule has 0 radical (unpaired) electrons. The van der Waals surface area contributed by atoms with Gasteiger partial charge in [-0.25, -0.2) is 14.2 Å². The summed E-state index contributed by atoms with van der Waals surface area (Å²) in [6.45, 7) is 3.65. The third kappa shape index (κ3) is 3.54. The highest BCUT2D eigenvalue weighted by Crippen LogP contribution is 2.23. The molecule has 1 heterocycles. The largest absolute Gasteiger partial charge is 0.477 e. The Balaban J connectivity index is 2.00. The number of hydrogen-bond donors (Lipinski definition) is 2. The van der Waals surface area contributed by atoms with Crippen molar-refractivity contribution in [3.05, 3.63) is 46.2 Å². The Morgan fingerprint density at radius 3 is 2.65 bits per heavy atom. The van der Waals surface area contributed by atoms with Crippen LogP contribution in [0.3, 0.4) is 0 Å². The first-order chi connectivity index (χ1) is 9.45. The molecule has 0 bridgehead atoms. The highest BCUT2D eigenvalue weighted by Gasteiger charge is 2.15. The van der Waals surface area contributed by atoms with E-state index in [1.807, 2.05) is 6.92 Å². The van der Waals surface area contributed by atoms with Crippen molar-refractivity contribution >= 4 is 22.4 Å². The first-order valence-electron chi connectivity index (χ1n) is 6.17. The predicted octanol–water partition coefficient (Wildman–Crippen LogP) is 3.33. The molecule has 0 fully saturated rings. The third-order valence-corrected chi connectivity index (χ3v) is 3.89. The number of anilines is 1. The number of hydrogen-bond acceptors (Lipinski definition) is 4. The minimum atomic E-state index is -0.959. The van der Waals surface area contributed by atoms with Crippen LogP contribution in [0.5, 0.6) is 0 Å². The average Bonchev–Trinajstić information content (AvgIpc) is 2.73. The molecule has 0 aliphatic carbocycles. The predicted molar refractivity (Wildman–Crippen MR) is 77.0 cm³/mol. The van der Waals surface area contributed by atoms with Gasteiger partial charge in [0.2, 0.25) is 0 Å². The van der Waals surface area contributed by atoms with Gasteiger partial charge in [0.05, 0.1) is 5.69 Å². The molecule has 1 aromatic heterocycles. The molecule has 0 aliphatic rings. The van der Waals surface area contributed by atoms with E-state index in [1.165, 1.54) is 12.1 Å². The lowest BCUT2D eigenvalue weighted by atomic mass is 10.1. The minimum absolute atomic E-state index is 0.0765. The lowest BCUT2D eigenvalue weighted by molar-refractivity contribution is 0.0701. The topological polar surface area (TPSA) is 62.2 Å². The highest BCUT2D eigenvalue weighted by molar-refractivity contribution is 7.17. The molecule has 0 spiro atoms. The molecule has 1 unspecified atom stereocenters. The van der Waals surface area contributed by atoms with Gasteiger partial charge in [0.25, 0.3) is 0 Å². The summed E-state index contributed by atoms with van der Waals surface area (Å²) in [4.78, 5) is 15.4.